The molecule has 0 atom stereocenters. The molecule has 0 bridgehead atoms. The van der Waals surface area contributed by atoms with Gasteiger partial charge in [-0.3, -0.25) is 0 Å². The summed E-state index contributed by atoms with van der Waals surface area (Å²) < 4.78 is 37.9. The van der Waals surface area contributed by atoms with Gasteiger partial charge in [0.15, 0.2) is 0 Å². The molecule has 2 heterocycles. The molecule has 2 aromatic rings. The summed E-state index contributed by atoms with van der Waals surface area (Å²) in [5, 5.41) is 13.0. The molecule has 0 unspecified atom stereocenters. The summed E-state index contributed by atoms with van der Waals surface area (Å²) in [6, 6.07) is 9.86. The largest absolute Gasteiger partial charge is 0.417 e. The zero-order chi connectivity index (χ0) is 18.7. The predicted octanol–water partition coefficient (Wildman–Crippen LogP) is 4.71. The molecule has 1 aliphatic heterocycles. The second-order valence-electron chi connectivity index (χ2n) is 6.08. The molecule has 4 nitrogen and oxygen atoms in total. The number of piperidine rings is 1. The predicted molar refractivity (Wildman–Crippen MR) is 94.3 cm³/mol. The first kappa shape index (κ1) is 18.3. The van der Waals surface area contributed by atoms with E-state index in [1.54, 1.807) is 18.2 Å². The molecule has 1 fully saturated rings. The second kappa shape index (κ2) is 7.42. The van der Waals surface area contributed by atoms with E-state index in [1.165, 1.54) is 6.07 Å². The second-order valence-corrected chi connectivity index (χ2v) is 6.49. The molecular weight excluding hydrogens is 365 g/mol. The Morgan fingerprint density at radius 2 is 1.92 bits per heavy atom. The number of nitrogens with one attached hydrogen (secondary N) is 1. The van der Waals surface area contributed by atoms with Crippen LogP contribution in [0.3, 0.4) is 0 Å². The van der Waals surface area contributed by atoms with Crippen molar-refractivity contribution in [3.05, 3.63) is 52.7 Å². The normalized spacial score (nSPS) is 15.6. The number of hydrogen-bond acceptors (Lipinski definition) is 4. The SMILES string of the molecule is N#Cc1cccc(Cl)c1NC1CCN(c2ccc(C(F)(F)F)cn2)CC1. The van der Waals surface area contributed by atoms with Gasteiger partial charge in [0, 0.05) is 25.3 Å². The smallest absolute Gasteiger partial charge is 0.380 e. The Morgan fingerprint density at radius 3 is 2.50 bits per heavy atom. The number of alkyl halides is 3. The molecule has 136 valence electrons. The Morgan fingerprint density at radius 1 is 1.19 bits per heavy atom. The van der Waals surface area contributed by atoms with E-state index in [2.05, 4.69) is 16.4 Å². The van der Waals surface area contributed by atoms with E-state index in [9.17, 15) is 18.4 Å². The summed E-state index contributed by atoms with van der Waals surface area (Å²) in [6.45, 7) is 1.31. The molecule has 1 aliphatic rings. The van der Waals surface area contributed by atoms with Crippen LogP contribution in [0.15, 0.2) is 36.5 Å². The van der Waals surface area contributed by atoms with Crippen LogP contribution < -0.4 is 10.2 Å². The minimum Gasteiger partial charge on any atom is -0.380 e. The van der Waals surface area contributed by atoms with Crippen molar-refractivity contribution >= 4 is 23.1 Å². The molecule has 1 aromatic carbocycles. The number of para-hydroxylation sites is 1. The number of pyridine rings is 1. The first-order valence-corrected chi connectivity index (χ1v) is 8.49. The van der Waals surface area contributed by atoms with Gasteiger partial charge in [-0.15, -0.1) is 0 Å². The summed E-state index contributed by atoms with van der Waals surface area (Å²) in [6.07, 6.45) is -1.99. The first-order valence-electron chi connectivity index (χ1n) is 8.12. The molecule has 0 aliphatic carbocycles. The van der Waals surface area contributed by atoms with Crippen molar-refractivity contribution in [2.45, 2.75) is 25.1 Å². The van der Waals surface area contributed by atoms with E-state index >= 15 is 0 Å². The Labute approximate surface area is 154 Å². The van der Waals surface area contributed by atoms with Gasteiger partial charge >= 0.3 is 6.18 Å². The van der Waals surface area contributed by atoms with Crippen LogP contribution in [0.4, 0.5) is 24.7 Å². The highest BCUT2D eigenvalue weighted by atomic mass is 35.5. The molecule has 3 rings (SSSR count). The Hall–Kier alpha value is -2.46. The van der Waals surface area contributed by atoms with Crippen molar-refractivity contribution in [1.29, 1.82) is 5.26 Å². The first-order chi connectivity index (χ1) is 12.4. The number of aromatic nitrogens is 1. The van der Waals surface area contributed by atoms with Crippen molar-refractivity contribution in [3.8, 4) is 6.07 Å². The molecule has 1 N–H and O–H groups in total. The lowest BCUT2D eigenvalue weighted by atomic mass is 10.0. The lowest BCUT2D eigenvalue weighted by molar-refractivity contribution is -0.137. The van der Waals surface area contributed by atoms with Crippen LogP contribution in [0.2, 0.25) is 5.02 Å². The molecule has 1 saturated heterocycles. The number of nitriles is 1. The maximum absolute atomic E-state index is 12.6. The Bertz CT molecular complexity index is 807. The quantitative estimate of drug-likeness (QED) is 0.838. The van der Waals surface area contributed by atoms with E-state index < -0.39 is 11.7 Å². The van der Waals surface area contributed by atoms with Gasteiger partial charge in [-0.25, -0.2) is 4.98 Å². The molecule has 8 heteroatoms. The van der Waals surface area contributed by atoms with Crippen LogP contribution in [0.5, 0.6) is 0 Å². The van der Waals surface area contributed by atoms with Crippen molar-refractivity contribution in [1.82, 2.24) is 4.98 Å². The number of nitrogens with zero attached hydrogens (tertiary/aromatic N) is 3. The van der Waals surface area contributed by atoms with Gasteiger partial charge in [0.2, 0.25) is 0 Å². The molecule has 0 spiro atoms. The standard InChI is InChI=1S/C18H16ClF3N4/c19-15-3-1-2-12(10-23)17(15)25-14-6-8-26(9-7-14)16-5-4-13(11-24-16)18(20,21)22/h1-5,11,14,25H,6-9H2. The van der Waals surface area contributed by atoms with E-state index in [1.807, 2.05) is 4.90 Å². The fourth-order valence-corrected chi connectivity index (χ4v) is 3.19. The van der Waals surface area contributed by atoms with Crippen molar-refractivity contribution in [2.24, 2.45) is 0 Å². The molecule has 1 aromatic heterocycles. The average molecular weight is 381 g/mol. The van der Waals surface area contributed by atoms with Crippen molar-refractivity contribution < 1.29 is 13.2 Å². The summed E-state index contributed by atoms with van der Waals surface area (Å²) in [4.78, 5) is 5.90. The van der Waals surface area contributed by atoms with Crippen molar-refractivity contribution in [2.75, 3.05) is 23.3 Å². The van der Waals surface area contributed by atoms with Gasteiger partial charge in [0.25, 0.3) is 0 Å². The molecule has 0 radical (unpaired) electrons. The molecule has 0 saturated carbocycles. The van der Waals surface area contributed by atoms with Gasteiger partial charge in [-0.2, -0.15) is 18.4 Å². The van der Waals surface area contributed by atoms with Gasteiger partial charge in [-0.05, 0) is 37.1 Å². The van der Waals surface area contributed by atoms with Gasteiger partial charge < -0.3 is 10.2 Å². The third-order valence-electron chi connectivity index (χ3n) is 4.38. The van der Waals surface area contributed by atoms with E-state index in [0.717, 1.165) is 25.1 Å². The lowest BCUT2D eigenvalue weighted by Crippen LogP contribution is -2.39. The molecule has 0 amide bonds. The number of halogens is 4. The number of anilines is 2. The van der Waals surface area contributed by atoms with Gasteiger partial charge in [-0.1, -0.05) is 17.7 Å². The van der Waals surface area contributed by atoms with Crippen LogP contribution in [0.25, 0.3) is 0 Å². The molecule has 26 heavy (non-hydrogen) atoms. The third-order valence-corrected chi connectivity index (χ3v) is 4.69. The van der Waals surface area contributed by atoms with E-state index in [0.29, 0.717) is 35.2 Å². The summed E-state index contributed by atoms with van der Waals surface area (Å²) in [5.74, 6) is 0.534. The topological polar surface area (TPSA) is 52.0 Å². The minimum absolute atomic E-state index is 0.132. The third kappa shape index (κ3) is 4.02. The summed E-state index contributed by atoms with van der Waals surface area (Å²) in [7, 11) is 0. The Balaban J connectivity index is 1.62. The van der Waals surface area contributed by atoms with E-state index in [-0.39, 0.29) is 6.04 Å². The monoisotopic (exact) mass is 380 g/mol. The summed E-state index contributed by atoms with van der Waals surface area (Å²) in [5.41, 5.74) is 0.368. The van der Waals surface area contributed by atoms with Gasteiger partial charge in [0.1, 0.15) is 11.9 Å². The maximum Gasteiger partial charge on any atom is 0.417 e. The number of rotatable bonds is 3. The fourth-order valence-electron chi connectivity index (χ4n) is 2.96. The number of hydrogen-bond donors (Lipinski definition) is 1. The van der Waals surface area contributed by atoms with Crippen LogP contribution in [0, 0.1) is 11.3 Å². The highest BCUT2D eigenvalue weighted by Crippen LogP contribution is 2.31. The maximum atomic E-state index is 12.6. The zero-order valence-corrected chi connectivity index (χ0v) is 14.5. The van der Waals surface area contributed by atoms with E-state index in [4.69, 9.17) is 11.6 Å². The van der Waals surface area contributed by atoms with Crippen molar-refractivity contribution in [3.63, 3.8) is 0 Å². The van der Waals surface area contributed by atoms with Gasteiger partial charge in [0.05, 0.1) is 21.8 Å². The van der Waals surface area contributed by atoms with Crippen LogP contribution in [-0.4, -0.2) is 24.1 Å². The van der Waals surface area contributed by atoms with Crippen LogP contribution >= 0.6 is 11.6 Å². The number of benzene rings is 1. The molecular formula is C18H16ClF3N4. The van der Waals surface area contributed by atoms with Crippen LogP contribution in [0.1, 0.15) is 24.0 Å². The average Bonchev–Trinajstić information content (AvgIpc) is 2.63. The highest BCUT2D eigenvalue weighted by molar-refractivity contribution is 6.33. The minimum atomic E-state index is -4.38. The summed E-state index contributed by atoms with van der Waals surface area (Å²) >= 11 is 6.18. The fraction of sp³-hybridized carbons (Fsp3) is 0.333. The highest BCUT2D eigenvalue weighted by Gasteiger charge is 2.31. The Kier molecular flexibility index (Phi) is 5.23. The van der Waals surface area contributed by atoms with Crippen LogP contribution in [-0.2, 0) is 6.18 Å². The zero-order valence-electron chi connectivity index (χ0n) is 13.7. The lowest BCUT2D eigenvalue weighted by Gasteiger charge is -2.34.